The number of hydrogen-bond donors (Lipinski definition) is 2. The maximum absolute atomic E-state index is 4.63. The fourth-order valence-corrected chi connectivity index (χ4v) is 1.74. The molecule has 1 aromatic rings. The summed E-state index contributed by atoms with van der Waals surface area (Å²) >= 11 is 0. The van der Waals surface area contributed by atoms with Gasteiger partial charge in [-0.2, -0.15) is 0 Å². The van der Waals surface area contributed by atoms with E-state index >= 15 is 0 Å². The molecule has 0 spiro atoms. The Balaban J connectivity index is 2.33. The molecule has 0 radical (unpaired) electrons. The molecule has 14 heavy (non-hydrogen) atoms. The first-order chi connectivity index (χ1) is 6.77. The summed E-state index contributed by atoms with van der Waals surface area (Å²) in [5, 5.41) is 6.86. The summed E-state index contributed by atoms with van der Waals surface area (Å²) in [5.74, 6) is 0. The lowest BCUT2D eigenvalue weighted by molar-refractivity contribution is 0.523. The van der Waals surface area contributed by atoms with Gasteiger partial charge in [-0.3, -0.25) is 4.98 Å². The van der Waals surface area contributed by atoms with Crippen molar-refractivity contribution < 1.29 is 0 Å². The van der Waals surface area contributed by atoms with Crippen LogP contribution in [-0.2, 0) is 0 Å². The van der Waals surface area contributed by atoms with Gasteiger partial charge < -0.3 is 10.6 Å². The van der Waals surface area contributed by atoms with Crippen molar-refractivity contribution in [2.24, 2.45) is 0 Å². The standard InChI is InChI=1S/C11H17N3/c1-8-10-4-3-5-11(14-10)9(2)13-7-6-12-8/h3-5,8-9,12-13H,6-7H2,1-2H3. The van der Waals surface area contributed by atoms with Gasteiger partial charge in [0.1, 0.15) is 0 Å². The Hall–Kier alpha value is -0.930. The molecule has 2 rings (SSSR count). The molecule has 0 saturated heterocycles. The largest absolute Gasteiger partial charge is 0.308 e. The summed E-state index contributed by atoms with van der Waals surface area (Å²) in [4.78, 5) is 4.63. The summed E-state index contributed by atoms with van der Waals surface area (Å²) in [6.07, 6.45) is 0. The second-order valence-corrected chi connectivity index (χ2v) is 3.84. The third kappa shape index (κ3) is 1.94. The van der Waals surface area contributed by atoms with Gasteiger partial charge in [0.15, 0.2) is 0 Å². The van der Waals surface area contributed by atoms with Crippen molar-refractivity contribution in [3.63, 3.8) is 0 Å². The minimum absolute atomic E-state index is 0.349. The Morgan fingerprint density at radius 1 is 1.07 bits per heavy atom. The van der Waals surface area contributed by atoms with Gasteiger partial charge in [-0.15, -0.1) is 0 Å². The summed E-state index contributed by atoms with van der Waals surface area (Å²) in [6.45, 7) is 6.29. The normalized spacial score (nSPS) is 27.6. The lowest BCUT2D eigenvalue weighted by Crippen LogP contribution is -2.29. The van der Waals surface area contributed by atoms with Crippen LogP contribution < -0.4 is 10.6 Å². The van der Waals surface area contributed by atoms with E-state index in [1.54, 1.807) is 0 Å². The molecule has 0 amide bonds. The SMILES string of the molecule is CC1NCCNC(C)c2cccc1n2. The van der Waals surface area contributed by atoms with Crippen LogP contribution in [0.5, 0.6) is 0 Å². The lowest BCUT2D eigenvalue weighted by Gasteiger charge is -2.12. The van der Waals surface area contributed by atoms with Crippen molar-refractivity contribution >= 4 is 0 Å². The first kappa shape index (κ1) is 9.62. The summed E-state index contributed by atoms with van der Waals surface area (Å²) in [7, 11) is 0. The Kier molecular flexibility index (Phi) is 2.79. The monoisotopic (exact) mass is 191 g/mol. The average molecular weight is 191 g/mol. The zero-order valence-corrected chi connectivity index (χ0v) is 8.75. The van der Waals surface area contributed by atoms with Gasteiger partial charge in [0.05, 0.1) is 11.4 Å². The van der Waals surface area contributed by atoms with E-state index in [1.165, 1.54) is 0 Å². The van der Waals surface area contributed by atoms with Crippen LogP contribution in [0.2, 0.25) is 0 Å². The van der Waals surface area contributed by atoms with Crippen LogP contribution in [0, 0.1) is 0 Å². The molecule has 1 aromatic heterocycles. The zero-order chi connectivity index (χ0) is 9.97. The minimum Gasteiger partial charge on any atom is -0.308 e. The number of aromatic nitrogens is 1. The predicted octanol–water partition coefficient (Wildman–Crippen LogP) is 1.40. The van der Waals surface area contributed by atoms with Crippen molar-refractivity contribution in [1.82, 2.24) is 15.6 Å². The van der Waals surface area contributed by atoms with Crippen LogP contribution in [0.3, 0.4) is 0 Å². The number of nitrogens with one attached hydrogen (secondary N) is 2. The first-order valence-corrected chi connectivity index (χ1v) is 5.21. The molecule has 0 aliphatic carbocycles. The maximum Gasteiger partial charge on any atom is 0.0574 e. The van der Waals surface area contributed by atoms with Crippen LogP contribution in [0.1, 0.15) is 37.3 Å². The second-order valence-electron chi connectivity index (χ2n) is 3.84. The molecule has 3 nitrogen and oxygen atoms in total. The van der Waals surface area contributed by atoms with Gasteiger partial charge in [-0.05, 0) is 26.0 Å². The Morgan fingerprint density at radius 3 is 2.07 bits per heavy atom. The van der Waals surface area contributed by atoms with Crippen LogP contribution in [0.4, 0.5) is 0 Å². The van der Waals surface area contributed by atoms with Gasteiger partial charge in [0.25, 0.3) is 0 Å². The van der Waals surface area contributed by atoms with Gasteiger partial charge in [0.2, 0.25) is 0 Å². The zero-order valence-electron chi connectivity index (χ0n) is 8.75. The molecule has 2 unspecified atom stereocenters. The molecule has 2 heterocycles. The Labute approximate surface area is 84.9 Å². The molecule has 2 atom stereocenters. The summed E-state index contributed by atoms with van der Waals surface area (Å²) < 4.78 is 0. The molecule has 0 saturated carbocycles. The second kappa shape index (κ2) is 4.07. The van der Waals surface area contributed by atoms with Crippen LogP contribution in [0.25, 0.3) is 0 Å². The van der Waals surface area contributed by atoms with Gasteiger partial charge in [-0.1, -0.05) is 6.07 Å². The molecule has 3 heteroatoms. The quantitative estimate of drug-likeness (QED) is 0.651. The third-order valence-corrected chi connectivity index (χ3v) is 2.71. The Bertz CT molecular complexity index is 284. The van der Waals surface area contributed by atoms with Gasteiger partial charge in [-0.25, -0.2) is 0 Å². The molecule has 1 aliphatic heterocycles. The summed E-state index contributed by atoms with van der Waals surface area (Å²) in [6, 6.07) is 6.95. The van der Waals surface area contributed by atoms with Crippen LogP contribution >= 0.6 is 0 Å². The van der Waals surface area contributed by atoms with E-state index in [9.17, 15) is 0 Å². The van der Waals surface area contributed by atoms with E-state index < -0.39 is 0 Å². The van der Waals surface area contributed by atoms with Crippen molar-refractivity contribution in [2.75, 3.05) is 13.1 Å². The molecule has 2 N–H and O–H groups in total. The van der Waals surface area contributed by atoms with E-state index in [-0.39, 0.29) is 0 Å². The van der Waals surface area contributed by atoms with Crippen molar-refractivity contribution in [2.45, 2.75) is 25.9 Å². The van der Waals surface area contributed by atoms with Crippen LogP contribution in [0.15, 0.2) is 18.2 Å². The number of fused-ring (bicyclic) bond motifs is 2. The minimum atomic E-state index is 0.349. The van der Waals surface area contributed by atoms with Crippen LogP contribution in [-0.4, -0.2) is 18.1 Å². The van der Waals surface area contributed by atoms with E-state index in [2.05, 4.69) is 47.7 Å². The summed E-state index contributed by atoms with van der Waals surface area (Å²) in [5.41, 5.74) is 2.27. The van der Waals surface area contributed by atoms with E-state index in [4.69, 9.17) is 0 Å². The highest BCUT2D eigenvalue weighted by Gasteiger charge is 2.12. The Morgan fingerprint density at radius 2 is 1.57 bits per heavy atom. The molecular formula is C11H17N3. The van der Waals surface area contributed by atoms with E-state index in [0.29, 0.717) is 12.1 Å². The highest BCUT2D eigenvalue weighted by molar-refractivity contribution is 5.16. The van der Waals surface area contributed by atoms with Crippen molar-refractivity contribution in [3.8, 4) is 0 Å². The van der Waals surface area contributed by atoms with Crippen molar-refractivity contribution in [3.05, 3.63) is 29.6 Å². The first-order valence-electron chi connectivity index (χ1n) is 5.21. The maximum atomic E-state index is 4.63. The van der Waals surface area contributed by atoms with Crippen molar-refractivity contribution in [1.29, 1.82) is 0 Å². The van der Waals surface area contributed by atoms with Gasteiger partial charge >= 0.3 is 0 Å². The lowest BCUT2D eigenvalue weighted by atomic mass is 10.1. The van der Waals surface area contributed by atoms with E-state index in [0.717, 1.165) is 24.5 Å². The highest BCUT2D eigenvalue weighted by Crippen LogP contribution is 2.15. The van der Waals surface area contributed by atoms with E-state index in [1.807, 2.05) is 0 Å². The number of rotatable bonds is 0. The average Bonchev–Trinajstić information content (AvgIpc) is 2.26. The molecule has 2 bridgehead atoms. The fraction of sp³-hybridized carbons (Fsp3) is 0.545. The number of hydrogen-bond acceptors (Lipinski definition) is 3. The number of nitrogens with zero attached hydrogens (tertiary/aromatic N) is 1. The molecule has 0 fully saturated rings. The molecule has 0 aromatic carbocycles. The smallest absolute Gasteiger partial charge is 0.0574 e. The highest BCUT2D eigenvalue weighted by atomic mass is 15.0. The fourth-order valence-electron chi connectivity index (χ4n) is 1.74. The molecule has 1 aliphatic rings. The predicted molar refractivity (Wildman–Crippen MR) is 57.1 cm³/mol. The van der Waals surface area contributed by atoms with Gasteiger partial charge in [0, 0.05) is 25.2 Å². The molecule has 76 valence electrons. The third-order valence-electron chi connectivity index (χ3n) is 2.71. The number of pyridine rings is 1. The molecular weight excluding hydrogens is 174 g/mol. The topological polar surface area (TPSA) is 37.0 Å².